The van der Waals surface area contributed by atoms with Crippen LogP contribution >= 0.6 is 27.3 Å². The molecule has 5 heteroatoms. The summed E-state index contributed by atoms with van der Waals surface area (Å²) in [5.41, 5.74) is 0.867. The molecule has 0 fully saturated rings. The van der Waals surface area contributed by atoms with Gasteiger partial charge in [-0.05, 0) is 45.8 Å². The molecule has 1 aromatic carbocycles. The van der Waals surface area contributed by atoms with Crippen LogP contribution < -0.4 is 0 Å². The van der Waals surface area contributed by atoms with Crippen LogP contribution in [0.5, 0.6) is 0 Å². The Morgan fingerprint density at radius 2 is 2.06 bits per heavy atom. The second-order valence-corrected chi connectivity index (χ2v) is 6.80. The van der Waals surface area contributed by atoms with Crippen LogP contribution in [0.1, 0.15) is 10.4 Å². The summed E-state index contributed by atoms with van der Waals surface area (Å²) in [6.45, 7) is 0. The molecule has 2 aromatic rings. The number of hydrogen-bond acceptors (Lipinski definition) is 2. The van der Waals surface area contributed by atoms with Crippen LogP contribution in [0.25, 0.3) is 6.08 Å². The van der Waals surface area contributed by atoms with Gasteiger partial charge in [-0.15, -0.1) is 11.3 Å². The van der Waals surface area contributed by atoms with Gasteiger partial charge in [-0.2, -0.15) is 0 Å². The third kappa shape index (κ3) is 4.15. The predicted molar refractivity (Wildman–Crippen MR) is 79.3 cm³/mol. The molecule has 0 amide bonds. The molecule has 0 radical (unpaired) electrons. The predicted octanol–water partition coefficient (Wildman–Crippen LogP) is 4.57. The van der Waals surface area contributed by atoms with Crippen molar-refractivity contribution in [1.82, 2.24) is 0 Å². The van der Waals surface area contributed by atoms with E-state index in [1.165, 1.54) is 12.1 Å². The van der Waals surface area contributed by atoms with Gasteiger partial charge >= 0.3 is 0 Å². The van der Waals surface area contributed by atoms with E-state index in [4.69, 9.17) is 0 Å². The van der Waals surface area contributed by atoms with Crippen LogP contribution in [0, 0.1) is 5.82 Å². The van der Waals surface area contributed by atoms with Gasteiger partial charge < -0.3 is 0 Å². The van der Waals surface area contributed by atoms with E-state index in [0.717, 1.165) is 14.9 Å². The zero-order valence-corrected chi connectivity index (χ0v) is 12.5. The minimum Gasteiger partial charge on any atom is -0.255 e. The lowest BCUT2D eigenvalue weighted by Gasteiger charge is -1.97. The normalized spacial score (nSPS) is 13.0. The van der Waals surface area contributed by atoms with Crippen molar-refractivity contribution in [2.75, 3.05) is 0 Å². The van der Waals surface area contributed by atoms with Gasteiger partial charge in [-0.1, -0.05) is 12.1 Å². The molecule has 1 atom stereocenters. The van der Waals surface area contributed by atoms with Gasteiger partial charge in [-0.25, -0.2) is 4.39 Å². The van der Waals surface area contributed by atoms with Gasteiger partial charge in [0.15, 0.2) is 0 Å². The fourth-order valence-electron chi connectivity index (χ4n) is 1.35. The highest BCUT2D eigenvalue weighted by atomic mass is 79.9. The second kappa shape index (κ2) is 6.41. The molecule has 0 aliphatic heterocycles. The summed E-state index contributed by atoms with van der Waals surface area (Å²) in [7, 11) is -1.08. The number of halogens is 2. The fourth-order valence-corrected chi connectivity index (χ4v) is 3.69. The standard InChI is InChI=1S/C13H10BrFOS2/c14-11-7-13(17-8-11)5-6-18(16)9-10-1-3-12(15)4-2-10/h1-8H,9H2. The van der Waals surface area contributed by atoms with Crippen LogP contribution in [0.3, 0.4) is 0 Å². The van der Waals surface area contributed by atoms with Crippen LogP contribution in [-0.2, 0) is 16.6 Å². The first-order valence-electron chi connectivity index (χ1n) is 5.17. The average molecular weight is 345 g/mol. The molecule has 1 heterocycles. The largest absolute Gasteiger partial charge is 0.255 e. The molecule has 0 N–H and O–H groups in total. The molecule has 0 bridgehead atoms. The first-order chi connectivity index (χ1) is 8.63. The quantitative estimate of drug-likeness (QED) is 0.793. The molecule has 0 aliphatic carbocycles. The van der Waals surface area contributed by atoms with E-state index in [2.05, 4.69) is 15.9 Å². The fraction of sp³-hybridized carbons (Fsp3) is 0.0769. The number of rotatable bonds is 4. The van der Waals surface area contributed by atoms with E-state index in [1.807, 2.05) is 17.5 Å². The van der Waals surface area contributed by atoms with E-state index in [9.17, 15) is 8.60 Å². The maximum Gasteiger partial charge on any atom is 0.123 e. The summed E-state index contributed by atoms with van der Waals surface area (Å²) in [5, 5.41) is 3.64. The highest BCUT2D eigenvalue weighted by Crippen LogP contribution is 2.21. The van der Waals surface area contributed by atoms with Gasteiger partial charge in [0.1, 0.15) is 5.82 Å². The van der Waals surface area contributed by atoms with Gasteiger partial charge in [0.05, 0.1) is 16.6 Å². The smallest absolute Gasteiger partial charge is 0.123 e. The Morgan fingerprint density at radius 1 is 1.33 bits per heavy atom. The number of thiophene rings is 1. The van der Waals surface area contributed by atoms with E-state index in [-0.39, 0.29) is 5.82 Å². The van der Waals surface area contributed by atoms with Crippen molar-refractivity contribution in [2.24, 2.45) is 0 Å². The Labute approximate surface area is 120 Å². The zero-order valence-electron chi connectivity index (χ0n) is 9.31. The molecule has 1 aromatic heterocycles. The maximum absolute atomic E-state index is 12.7. The van der Waals surface area contributed by atoms with Crippen molar-refractivity contribution >= 4 is 44.1 Å². The van der Waals surface area contributed by atoms with E-state index in [1.54, 1.807) is 28.9 Å². The van der Waals surface area contributed by atoms with E-state index < -0.39 is 10.8 Å². The maximum atomic E-state index is 12.7. The van der Waals surface area contributed by atoms with E-state index in [0.29, 0.717) is 5.75 Å². The van der Waals surface area contributed by atoms with Crippen LogP contribution in [-0.4, -0.2) is 4.21 Å². The summed E-state index contributed by atoms with van der Waals surface area (Å²) < 4.78 is 25.5. The van der Waals surface area contributed by atoms with Crippen molar-refractivity contribution < 1.29 is 8.60 Å². The lowest BCUT2D eigenvalue weighted by Crippen LogP contribution is -1.91. The topological polar surface area (TPSA) is 17.1 Å². The third-order valence-electron chi connectivity index (χ3n) is 2.19. The van der Waals surface area contributed by atoms with E-state index >= 15 is 0 Å². The molecule has 0 saturated carbocycles. The Kier molecular flexibility index (Phi) is 4.86. The molecule has 0 aliphatic rings. The molecular formula is C13H10BrFOS2. The van der Waals surface area contributed by atoms with Crippen LogP contribution in [0.15, 0.2) is 45.6 Å². The van der Waals surface area contributed by atoms with Crippen LogP contribution in [0.4, 0.5) is 4.39 Å². The Morgan fingerprint density at radius 3 is 2.67 bits per heavy atom. The second-order valence-electron chi connectivity index (χ2n) is 3.62. The molecule has 2 rings (SSSR count). The van der Waals surface area contributed by atoms with Crippen molar-refractivity contribution in [1.29, 1.82) is 0 Å². The van der Waals surface area contributed by atoms with Crippen molar-refractivity contribution in [3.63, 3.8) is 0 Å². The Balaban J connectivity index is 1.96. The molecule has 0 spiro atoms. The molecule has 0 saturated heterocycles. The zero-order chi connectivity index (χ0) is 13.0. The summed E-state index contributed by atoms with van der Waals surface area (Å²) in [4.78, 5) is 1.05. The summed E-state index contributed by atoms with van der Waals surface area (Å²) in [6.07, 6.45) is 1.84. The third-order valence-corrected chi connectivity index (χ3v) is 4.91. The molecule has 1 nitrogen and oxygen atoms in total. The highest BCUT2D eigenvalue weighted by molar-refractivity contribution is 9.10. The van der Waals surface area contributed by atoms with Crippen molar-refractivity contribution in [3.05, 3.63) is 61.9 Å². The number of benzene rings is 1. The molecule has 1 unspecified atom stereocenters. The number of hydrogen-bond donors (Lipinski definition) is 0. The summed E-state index contributed by atoms with van der Waals surface area (Å²) in [5.74, 6) is 0.132. The van der Waals surface area contributed by atoms with Gasteiger partial charge in [0.25, 0.3) is 0 Å². The summed E-state index contributed by atoms with van der Waals surface area (Å²) >= 11 is 4.95. The lowest BCUT2D eigenvalue weighted by molar-refractivity contribution is 0.627. The molecular weight excluding hydrogens is 335 g/mol. The molecule has 18 heavy (non-hydrogen) atoms. The van der Waals surface area contributed by atoms with Gasteiger partial charge in [0, 0.05) is 20.1 Å². The van der Waals surface area contributed by atoms with Gasteiger partial charge in [0.2, 0.25) is 0 Å². The Hall–Kier alpha value is -0.780. The van der Waals surface area contributed by atoms with Gasteiger partial charge in [-0.3, -0.25) is 4.21 Å². The SMILES string of the molecule is O=S(C=Cc1cc(Br)cs1)Cc1ccc(F)cc1. The minimum atomic E-state index is -1.08. The highest BCUT2D eigenvalue weighted by Gasteiger charge is 1.99. The first-order valence-corrected chi connectivity index (χ1v) is 8.23. The molecule has 94 valence electrons. The van der Waals surface area contributed by atoms with Crippen molar-refractivity contribution in [2.45, 2.75) is 5.75 Å². The summed E-state index contributed by atoms with van der Waals surface area (Å²) in [6, 6.07) is 8.04. The minimum absolute atomic E-state index is 0.275. The average Bonchev–Trinajstić information content (AvgIpc) is 2.76. The van der Waals surface area contributed by atoms with Crippen molar-refractivity contribution in [3.8, 4) is 0 Å². The van der Waals surface area contributed by atoms with Crippen LogP contribution in [0.2, 0.25) is 0 Å². The Bertz CT molecular complexity index is 575. The monoisotopic (exact) mass is 344 g/mol. The lowest BCUT2D eigenvalue weighted by atomic mass is 10.2. The first kappa shape index (κ1) is 13.6.